The normalized spacial score (nSPS) is 14.4. The van der Waals surface area contributed by atoms with Crippen molar-refractivity contribution in [3.05, 3.63) is 102 Å². The average molecular weight is 680 g/mol. The van der Waals surface area contributed by atoms with Crippen molar-refractivity contribution in [1.82, 2.24) is 10.2 Å². The van der Waals surface area contributed by atoms with E-state index >= 15 is 0 Å². The van der Waals surface area contributed by atoms with Crippen LogP contribution in [-0.2, 0) is 17.9 Å². The van der Waals surface area contributed by atoms with Crippen molar-refractivity contribution >= 4 is 69.2 Å². The van der Waals surface area contributed by atoms with E-state index in [-0.39, 0.29) is 30.3 Å². The Kier molecular flexibility index (Phi) is 7.51. The molecule has 172 valence electrons. The topological polar surface area (TPSA) is 95.9 Å². The number of amides is 3. The van der Waals surface area contributed by atoms with Gasteiger partial charge in [0.2, 0.25) is 0 Å². The van der Waals surface area contributed by atoms with Gasteiger partial charge in [-0.2, -0.15) is 0 Å². The Labute approximate surface area is 223 Å². The first kappa shape index (κ1) is 24.2. The number of carbonyl (C=O) groups is 3. The van der Waals surface area contributed by atoms with Crippen LogP contribution in [0, 0.1) is 7.14 Å². The highest BCUT2D eigenvalue weighted by Gasteiger charge is 2.33. The van der Waals surface area contributed by atoms with Gasteiger partial charge in [-0.15, -0.1) is 0 Å². The molecule has 9 heteroatoms. The maximum atomic E-state index is 12.8. The molecule has 1 aliphatic rings. The molecule has 4 rings (SSSR count). The summed E-state index contributed by atoms with van der Waals surface area (Å²) in [4.78, 5) is 37.3. The molecule has 34 heavy (non-hydrogen) atoms. The van der Waals surface area contributed by atoms with Gasteiger partial charge in [-0.25, -0.2) is 9.59 Å². The fraction of sp³-hybridized carbons (Fsp3) is 0.0800. The van der Waals surface area contributed by atoms with Crippen LogP contribution in [0.2, 0.25) is 0 Å². The first-order chi connectivity index (χ1) is 16.3. The zero-order chi connectivity index (χ0) is 24.2. The predicted molar refractivity (Wildman–Crippen MR) is 143 cm³/mol. The minimum Gasteiger partial charge on any atom is -0.487 e. The van der Waals surface area contributed by atoms with E-state index in [0.717, 1.165) is 23.8 Å². The third-order valence-corrected chi connectivity index (χ3v) is 6.66. The van der Waals surface area contributed by atoms with Crippen LogP contribution in [0.1, 0.15) is 27.0 Å². The van der Waals surface area contributed by atoms with Crippen molar-refractivity contribution in [3.63, 3.8) is 0 Å². The third-order valence-electron chi connectivity index (χ3n) is 5.06. The number of aromatic carboxylic acids is 1. The van der Waals surface area contributed by atoms with Gasteiger partial charge >= 0.3 is 12.0 Å². The summed E-state index contributed by atoms with van der Waals surface area (Å²) in [5.41, 5.74) is 2.93. The number of rotatable bonds is 7. The molecule has 0 unspecified atom stereocenters. The Morgan fingerprint density at radius 3 is 2.24 bits per heavy atom. The average Bonchev–Trinajstić information content (AvgIpc) is 3.07. The van der Waals surface area contributed by atoms with Crippen molar-refractivity contribution in [2.75, 3.05) is 0 Å². The molecule has 0 atom stereocenters. The Balaban J connectivity index is 1.47. The lowest BCUT2D eigenvalue weighted by molar-refractivity contribution is -0.123. The fourth-order valence-corrected chi connectivity index (χ4v) is 5.48. The van der Waals surface area contributed by atoms with Gasteiger partial charge in [-0.1, -0.05) is 42.5 Å². The molecule has 1 aliphatic heterocycles. The molecule has 3 aromatic carbocycles. The summed E-state index contributed by atoms with van der Waals surface area (Å²) >= 11 is 4.33. The maximum absolute atomic E-state index is 12.8. The standard InChI is InChI=1S/C25H18I2N2O5/c26-19-10-17(11-20(27)22(19)34-14-16-6-8-18(9-7-16)24(31)32)12-21-23(30)29(25(33)28-21)13-15-4-2-1-3-5-15/h1-12H,13-14H2,(H,28,33)(H,31,32)/b21-12+. The second-order valence-electron chi connectivity index (χ2n) is 7.47. The molecule has 1 saturated heterocycles. The van der Waals surface area contributed by atoms with Gasteiger partial charge in [0.15, 0.2) is 0 Å². The van der Waals surface area contributed by atoms with Gasteiger partial charge in [-0.3, -0.25) is 9.69 Å². The van der Waals surface area contributed by atoms with E-state index in [4.69, 9.17) is 9.84 Å². The molecule has 0 saturated carbocycles. The van der Waals surface area contributed by atoms with Gasteiger partial charge in [0, 0.05) is 0 Å². The summed E-state index contributed by atoms with van der Waals surface area (Å²) in [6, 6.07) is 19.2. The van der Waals surface area contributed by atoms with Crippen LogP contribution in [0.3, 0.4) is 0 Å². The van der Waals surface area contributed by atoms with Crippen molar-refractivity contribution in [1.29, 1.82) is 0 Å². The van der Waals surface area contributed by atoms with E-state index in [9.17, 15) is 14.4 Å². The SMILES string of the molecule is O=C(O)c1ccc(COc2c(I)cc(/C=C3/NC(=O)N(Cc4ccccc4)C3=O)cc2I)cc1. The molecule has 3 amide bonds. The molecule has 0 radical (unpaired) electrons. The summed E-state index contributed by atoms with van der Waals surface area (Å²) in [5.74, 6) is -0.649. The Morgan fingerprint density at radius 2 is 1.62 bits per heavy atom. The number of hydrogen-bond acceptors (Lipinski definition) is 4. The second kappa shape index (κ2) is 10.6. The number of carbonyl (C=O) groups excluding carboxylic acids is 2. The molecule has 1 fully saturated rings. The number of hydrogen-bond donors (Lipinski definition) is 2. The van der Waals surface area contributed by atoms with Crippen molar-refractivity contribution < 1.29 is 24.2 Å². The summed E-state index contributed by atoms with van der Waals surface area (Å²) in [6.07, 6.45) is 1.66. The highest BCUT2D eigenvalue weighted by Crippen LogP contribution is 2.31. The molecule has 2 N–H and O–H groups in total. The summed E-state index contributed by atoms with van der Waals surface area (Å²) < 4.78 is 7.66. The Morgan fingerprint density at radius 1 is 0.971 bits per heavy atom. The van der Waals surface area contributed by atoms with Crippen molar-refractivity contribution in [2.24, 2.45) is 0 Å². The zero-order valence-electron chi connectivity index (χ0n) is 17.6. The summed E-state index contributed by atoms with van der Waals surface area (Å²) in [7, 11) is 0. The van der Waals surface area contributed by atoms with Gasteiger partial charge in [0.05, 0.1) is 19.2 Å². The molecule has 0 aliphatic carbocycles. The number of benzene rings is 3. The zero-order valence-corrected chi connectivity index (χ0v) is 21.9. The summed E-state index contributed by atoms with van der Waals surface area (Å²) in [6.45, 7) is 0.494. The van der Waals surface area contributed by atoms with Gasteiger partial charge in [0.1, 0.15) is 18.1 Å². The van der Waals surface area contributed by atoms with Crippen LogP contribution >= 0.6 is 45.2 Å². The van der Waals surface area contributed by atoms with Crippen molar-refractivity contribution in [3.8, 4) is 5.75 Å². The van der Waals surface area contributed by atoms with Crippen LogP contribution in [0.5, 0.6) is 5.75 Å². The van der Waals surface area contributed by atoms with Gasteiger partial charge in [-0.05, 0) is 92.2 Å². The number of imide groups is 1. The number of urea groups is 1. The number of halogens is 2. The third kappa shape index (κ3) is 5.58. The first-order valence-corrected chi connectivity index (χ1v) is 12.3. The van der Waals surface area contributed by atoms with Crippen LogP contribution < -0.4 is 10.1 Å². The van der Waals surface area contributed by atoms with Crippen molar-refractivity contribution in [2.45, 2.75) is 13.2 Å². The first-order valence-electron chi connectivity index (χ1n) is 10.1. The van der Waals surface area contributed by atoms with Crippen LogP contribution in [-0.4, -0.2) is 27.9 Å². The second-order valence-corrected chi connectivity index (χ2v) is 9.79. The quantitative estimate of drug-likeness (QED) is 0.202. The highest BCUT2D eigenvalue weighted by atomic mass is 127. The number of ether oxygens (including phenoxy) is 1. The van der Waals surface area contributed by atoms with E-state index in [1.54, 1.807) is 30.3 Å². The smallest absolute Gasteiger partial charge is 0.335 e. The molecule has 0 aromatic heterocycles. The highest BCUT2D eigenvalue weighted by molar-refractivity contribution is 14.1. The monoisotopic (exact) mass is 680 g/mol. The summed E-state index contributed by atoms with van der Waals surface area (Å²) in [5, 5.41) is 11.7. The molecule has 0 bridgehead atoms. The van der Waals surface area contributed by atoms with Crippen LogP contribution in [0.15, 0.2) is 72.4 Å². The number of carboxylic acids is 1. The predicted octanol–water partition coefficient (Wildman–Crippen LogP) is 5.27. The minimum absolute atomic E-state index is 0.206. The van der Waals surface area contributed by atoms with Crippen LogP contribution in [0.4, 0.5) is 4.79 Å². The molecular weight excluding hydrogens is 662 g/mol. The lowest BCUT2D eigenvalue weighted by Crippen LogP contribution is -2.30. The molecule has 0 spiro atoms. The lowest BCUT2D eigenvalue weighted by atomic mass is 10.1. The Hall–Kier alpha value is -2.93. The largest absolute Gasteiger partial charge is 0.487 e. The van der Waals surface area contributed by atoms with E-state index in [2.05, 4.69) is 50.5 Å². The molecular formula is C25H18I2N2O5. The lowest BCUT2D eigenvalue weighted by Gasteiger charge is -2.12. The van der Waals surface area contributed by atoms with E-state index in [0.29, 0.717) is 5.75 Å². The number of carboxylic acid groups (broad SMARTS) is 1. The van der Waals surface area contributed by atoms with Gasteiger partial charge < -0.3 is 15.2 Å². The maximum Gasteiger partial charge on any atom is 0.335 e. The van der Waals surface area contributed by atoms with E-state index in [1.165, 1.54) is 4.90 Å². The fourth-order valence-electron chi connectivity index (χ4n) is 3.35. The minimum atomic E-state index is -0.971. The van der Waals surface area contributed by atoms with Gasteiger partial charge in [0.25, 0.3) is 5.91 Å². The van der Waals surface area contributed by atoms with E-state index in [1.807, 2.05) is 42.5 Å². The number of nitrogens with zero attached hydrogens (tertiary/aromatic N) is 1. The molecule has 1 heterocycles. The van der Waals surface area contributed by atoms with Crippen LogP contribution in [0.25, 0.3) is 6.08 Å². The molecule has 7 nitrogen and oxygen atoms in total. The number of nitrogens with one attached hydrogen (secondary N) is 1. The van der Waals surface area contributed by atoms with E-state index < -0.39 is 12.0 Å². The Bertz CT molecular complexity index is 1270. The molecule has 3 aromatic rings.